The smallest absolute Gasteiger partial charge is 0.333 e. The Morgan fingerprint density at radius 3 is 1.95 bits per heavy atom. The summed E-state index contributed by atoms with van der Waals surface area (Å²) in [5.41, 5.74) is 0.431. The van der Waals surface area contributed by atoms with Gasteiger partial charge < -0.3 is 14.2 Å². The first-order valence-corrected chi connectivity index (χ1v) is 5.84. The number of carbonyl (C=O) groups excluding carboxylic acids is 2. The van der Waals surface area contributed by atoms with E-state index in [0.717, 1.165) is 6.26 Å². The number of carbonyl (C=O) groups is 2. The number of hydrogen-bond acceptors (Lipinski definition) is 5. The zero-order chi connectivity index (χ0) is 16.0. The monoisotopic (exact) mass is 282 g/mol. The van der Waals surface area contributed by atoms with Gasteiger partial charge in [0.05, 0.1) is 12.9 Å². The van der Waals surface area contributed by atoms with Crippen LogP contribution in [0.4, 0.5) is 0 Å². The molecule has 0 radical (unpaired) electrons. The molecule has 0 aliphatic carbocycles. The van der Waals surface area contributed by atoms with Crippen LogP contribution in [0.1, 0.15) is 13.8 Å². The van der Waals surface area contributed by atoms with Gasteiger partial charge in [-0.25, -0.2) is 4.79 Å². The van der Waals surface area contributed by atoms with Crippen molar-refractivity contribution in [1.82, 2.24) is 0 Å². The minimum Gasteiger partial charge on any atom is -0.459 e. The van der Waals surface area contributed by atoms with Crippen LogP contribution >= 0.6 is 0 Å². The molecule has 0 saturated carbocycles. The number of rotatable bonds is 5. The maximum Gasteiger partial charge on any atom is 0.333 e. The van der Waals surface area contributed by atoms with Crippen LogP contribution in [0.2, 0.25) is 0 Å². The zero-order valence-corrected chi connectivity index (χ0v) is 12.1. The van der Waals surface area contributed by atoms with Gasteiger partial charge in [-0.05, 0) is 6.92 Å². The number of ether oxygens (including phenoxy) is 3. The van der Waals surface area contributed by atoms with E-state index in [2.05, 4.69) is 31.1 Å². The van der Waals surface area contributed by atoms with Crippen LogP contribution in [-0.4, -0.2) is 31.3 Å². The van der Waals surface area contributed by atoms with Crippen molar-refractivity contribution in [1.29, 1.82) is 0 Å². The third-order valence-corrected chi connectivity index (χ3v) is 1.57. The molecule has 1 aliphatic heterocycles. The highest BCUT2D eigenvalue weighted by atomic mass is 16.6. The molecule has 5 heteroatoms. The van der Waals surface area contributed by atoms with E-state index in [0.29, 0.717) is 18.8 Å². The van der Waals surface area contributed by atoms with Gasteiger partial charge in [-0.3, -0.25) is 4.79 Å². The average Bonchev–Trinajstić information content (AvgIpc) is 3.20. The summed E-state index contributed by atoms with van der Waals surface area (Å²) in [5.74, 6) is -0.666. The molecule has 1 fully saturated rings. The third-order valence-electron chi connectivity index (χ3n) is 1.57. The van der Waals surface area contributed by atoms with E-state index < -0.39 is 0 Å². The van der Waals surface area contributed by atoms with Crippen LogP contribution in [0.3, 0.4) is 0 Å². The van der Waals surface area contributed by atoms with E-state index in [1.807, 2.05) is 0 Å². The van der Waals surface area contributed by atoms with Crippen LogP contribution in [0.5, 0.6) is 0 Å². The second kappa shape index (κ2) is 13.3. The van der Waals surface area contributed by atoms with E-state index in [1.54, 1.807) is 19.1 Å². The Morgan fingerprint density at radius 2 is 1.75 bits per heavy atom. The fraction of sp³-hybridized carbons (Fsp3) is 0.333. The Morgan fingerprint density at radius 1 is 1.25 bits per heavy atom. The van der Waals surface area contributed by atoms with E-state index >= 15 is 0 Å². The molecule has 0 bridgehead atoms. The van der Waals surface area contributed by atoms with Gasteiger partial charge in [0.15, 0.2) is 0 Å². The molecule has 0 aromatic carbocycles. The van der Waals surface area contributed by atoms with Crippen LogP contribution in [0.25, 0.3) is 0 Å². The van der Waals surface area contributed by atoms with Gasteiger partial charge in [-0.2, -0.15) is 0 Å². The first-order chi connectivity index (χ1) is 9.38. The van der Waals surface area contributed by atoms with Gasteiger partial charge in [0.2, 0.25) is 0 Å². The molecule has 0 spiro atoms. The summed E-state index contributed by atoms with van der Waals surface area (Å²) < 4.78 is 13.8. The summed E-state index contributed by atoms with van der Waals surface area (Å²) in [7, 11) is 0. The maximum absolute atomic E-state index is 10.7. The Hall–Kier alpha value is -2.14. The molecule has 1 unspecified atom stereocenters. The van der Waals surface area contributed by atoms with Gasteiger partial charge in [0.25, 0.3) is 0 Å². The second-order valence-electron chi connectivity index (χ2n) is 3.58. The fourth-order valence-electron chi connectivity index (χ4n) is 0.573. The predicted octanol–water partition coefficient (Wildman–Crippen LogP) is 2.56. The van der Waals surface area contributed by atoms with Crippen LogP contribution in [0.15, 0.2) is 50.3 Å². The Bertz CT molecular complexity index is 347. The molecular weight excluding hydrogens is 260 g/mol. The van der Waals surface area contributed by atoms with Gasteiger partial charge in [0, 0.05) is 12.5 Å². The van der Waals surface area contributed by atoms with Gasteiger partial charge >= 0.3 is 11.9 Å². The van der Waals surface area contributed by atoms with Crippen molar-refractivity contribution in [2.45, 2.75) is 20.0 Å². The normalized spacial score (nSPS) is 14.0. The molecule has 112 valence electrons. The minimum atomic E-state index is -0.337. The molecule has 20 heavy (non-hydrogen) atoms. The summed E-state index contributed by atoms with van der Waals surface area (Å²) in [6.45, 7) is 17.3. The van der Waals surface area contributed by atoms with Gasteiger partial charge in [0.1, 0.15) is 12.7 Å². The third kappa shape index (κ3) is 18.2. The molecule has 5 nitrogen and oxygen atoms in total. The van der Waals surface area contributed by atoms with Crippen molar-refractivity contribution in [3.63, 3.8) is 0 Å². The highest BCUT2D eigenvalue weighted by Gasteiger charge is 2.24. The second-order valence-corrected chi connectivity index (χ2v) is 3.58. The lowest BCUT2D eigenvalue weighted by molar-refractivity contribution is -0.139. The van der Waals surface area contributed by atoms with Crippen molar-refractivity contribution in [3.8, 4) is 0 Å². The van der Waals surface area contributed by atoms with E-state index in [1.165, 1.54) is 6.92 Å². The SMILES string of the molecule is C=C(C)C(=O)OCC1CO1.C=CC=C.C=COC(C)=O. The number of hydrogen-bond donors (Lipinski definition) is 0. The molecular formula is C15H22O5. The van der Waals surface area contributed by atoms with Gasteiger partial charge in [-0.1, -0.05) is 38.5 Å². The quantitative estimate of drug-likeness (QED) is 0.255. The van der Waals surface area contributed by atoms with Crippen LogP contribution in [-0.2, 0) is 23.8 Å². The number of esters is 2. The van der Waals surface area contributed by atoms with Crippen molar-refractivity contribution >= 4 is 11.9 Å². The van der Waals surface area contributed by atoms with Crippen molar-refractivity contribution in [2.24, 2.45) is 0 Å². The summed E-state index contributed by atoms with van der Waals surface area (Å²) >= 11 is 0. The number of epoxide rings is 1. The molecule has 1 atom stereocenters. The summed E-state index contributed by atoms with van der Waals surface area (Å²) in [5, 5.41) is 0. The lowest BCUT2D eigenvalue weighted by Gasteiger charge is -1.99. The topological polar surface area (TPSA) is 65.1 Å². The molecule has 1 aliphatic rings. The summed E-state index contributed by atoms with van der Waals surface area (Å²) in [4.78, 5) is 20.4. The first-order valence-electron chi connectivity index (χ1n) is 5.84. The Labute approximate surface area is 120 Å². The zero-order valence-electron chi connectivity index (χ0n) is 12.1. The van der Waals surface area contributed by atoms with Crippen molar-refractivity contribution < 1.29 is 23.8 Å². The predicted molar refractivity (Wildman–Crippen MR) is 77.9 cm³/mol. The molecule has 1 rings (SSSR count). The maximum atomic E-state index is 10.7. The van der Waals surface area contributed by atoms with E-state index in [9.17, 15) is 9.59 Å². The average molecular weight is 282 g/mol. The molecule has 0 aromatic heterocycles. The molecule has 0 N–H and O–H groups in total. The lowest BCUT2D eigenvalue weighted by Crippen LogP contribution is -2.09. The van der Waals surface area contributed by atoms with E-state index in [4.69, 9.17) is 9.47 Å². The molecule has 0 aromatic rings. The number of allylic oxidation sites excluding steroid dienone is 2. The van der Waals surface area contributed by atoms with Gasteiger partial charge in [-0.15, -0.1) is 0 Å². The minimum absolute atomic E-state index is 0.142. The van der Waals surface area contributed by atoms with Crippen molar-refractivity contribution in [3.05, 3.63) is 50.3 Å². The summed E-state index contributed by atoms with van der Waals surface area (Å²) in [6.07, 6.45) is 4.52. The highest BCUT2D eigenvalue weighted by Crippen LogP contribution is 2.09. The molecule has 0 amide bonds. The standard InChI is InChI=1S/C7H10O3.C4H6O2.C4H6/c1-5(2)7(8)10-4-6-3-9-6;1-3-6-4(2)5;1-3-4-2/h6H,1,3-4H2,2H3;3H,1H2,2H3;3-4H,1-2H2. The lowest BCUT2D eigenvalue weighted by atomic mass is 10.4. The fourth-order valence-corrected chi connectivity index (χ4v) is 0.573. The van der Waals surface area contributed by atoms with Crippen LogP contribution in [0, 0.1) is 0 Å². The molecule has 1 heterocycles. The Kier molecular flexibility index (Phi) is 13.4. The largest absolute Gasteiger partial charge is 0.459 e. The van der Waals surface area contributed by atoms with E-state index in [-0.39, 0.29) is 18.0 Å². The van der Waals surface area contributed by atoms with Crippen molar-refractivity contribution in [2.75, 3.05) is 13.2 Å². The highest BCUT2D eigenvalue weighted by molar-refractivity contribution is 5.86. The Balaban J connectivity index is 0. The molecule has 1 saturated heterocycles. The first kappa shape index (κ1) is 20.2. The van der Waals surface area contributed by atoms with Crippen LogP contribution < -0.4 is 0 Å². The summed E-state index contributed by atoms with van der Waals surface area (Å²) in [6, 6.07) is 0.